The Balaban J connectivity index is 3.34. The molecule has 0 spiro atoms. The van der Waals surface area contributed by atoms with Gasteiger partial charge in [0.05, 0.1) is 0 Å². The van der Waals surface area contributed by atoms with Crippen LogP contribution < -0.4 is 0 Å². The van der Waals surface area contributed by atoms with E-state index in [4.69, 9.17) is 0 Å². The van der Waals surface area contributed by atoms with E-state index in [-0.39, 0.29) is 0 Å². The van der Waals surface area contributed by atoms with Gasteiger partial charge in [-0.3, -0.25) is 0 Å². The molecule has 0 heteroatoms. The predicted octanol–water partition coefficient (Wildman–Crippen LogP) is 3.74. The molecule has 0 unspecified atom stereocenters. The Bertz CT molecular complexity index is 336. The van der Waals surface area contributed by atoms with Crippen LogP contribution in [-0.4, -0.2) is 0 Å². The molecule has 68 valence electrons. The van der Waals surface area contributed by atoms with E-state index in [1.54, 1.807) is 0 Å². The first kappa shape index (κ1) is 9.79. The molecule has 0 heterocycles. The minimum atomic E-state index is 1.28. The highest BCUT2D eigenvalue weighted by atomic mass is 13.9. The van der Waals surface area contributed by atoms with Crippen molar-refractivity contribution in [3.05, 3.63) is 59.2 Å². The molecule has 0 nitrogen and oxygen atoms in total. The molecule has 0 fully saturated rings. The second-order valence-corrected chi connectivity index (χ2v) is 3.35. The quantitative estimate of drug-likeness (QED) is 0.559. The van der Waals surface area contributed by atoms with E-state index in [9.17, 15) is 0 Å². The van der Waals surface area contributed by atoms with Crippen LogP contribution in [-0.2, 0) is 0 Å². The Morgan fingerprint density at radius 1 is 0.615 bits per heavy atom. The summed E-state index contributed by atoms with van der Waals surface area (Å²) in [5, 5.41) is 0. The summed E-state index contributed by atoms with van der Waals surface area (Å²) < 4.78 is 0. The smallest absolute Gasteiger partial charge is 0.0395 e. The van der Waals surface area contributed by atoms with Crippen LogP contribution in [0.15, 0.2) is 42.5 Å². The summed E-state index contributed by atoms with van der Waals surface area (Å²) in [4.78, 5) is 0. The molecule has 0 aliphatic rings. The zero-order chi connectivity index (χ0) is 9.68. The molecule has 0 atom stereocenters. The normalized spacial score (nSPS) is 9.15. The molecule has 0 radical (unpaired) electrons. The van der Waals surface area contributed by atoms with Gasteiger partial charge in [0.2, 0.25) is 0 Å². The maximum Gasteiger partial charge on any atom is -0.0395 e. The molecule has 0 aliphatic heterocycles. The van der Waals surface area contributed by atoms with Crippen LogP contribution in [0.4, 0.5) is 0 Å². The Morgan fingerprint density at radius 3 is 2.00 bits per heavy atom. The van der Waals surface area contributed by atoms with E-state index in [2.05, 4.69) is 63.2 Å². The predicted molar refractivity (Wildman–Crippen MR) is 58.3 cm³/mol. The Labute approximate surface area is 80.6 Å². The number of hydrogen-bond donors (Lipinski definition) is 0. The van der Waals surface area contributed by atoms with Crippen molar-refractivity contribution in [1.29, 1.82) is 0 Å². The van der Waals surface area contributed by atoms with Gasteiger partial charge in [-0.2, -0.15) is 0 Å². The van der Waals surface area contributed by atoms with E-state index < -0.39 is 0 Å². The van der Waals surface area contributed by atoms with E-state index >= 15 is 0 Å². The van der Waals surface area contributed by atoms with Gasteiger partial charge < -0.3 is 0 Å². The molecular formula is C13H16. The lowest BCUT2D eigenvalue weighted by Gasteiger charge is -1.92. The highest BCUT2D eigenvalue weighted by Gasteiger charge is 1.83. The third-order valence-corrected chi connectivity index (χ3v) is 2.15. The Morgan fingerprint density at radius 2 is 1.23 bits per heavy atom. The molecule has 0 saturated heterocycles. The number of rotatable bonds is 0. The molecule has 1 aromatic rings. The second-order valence-electron chi connectivity index (χ2n) is 3.35. The van der Waals surface area contributed by atoms with Crippen molar-refractivity contribution in [2.24, 2.45) is 0 Å². The van der Waals surface area contributed by atoms with Crippen LogP contribution in [0.5, 0.6) is 0 Å². The van der Waals surface area contributed by atoms with Crippen molar-refractivity contribution < 1.29 is 0 Å². The van der Waals surface area contributed by atoms with Crippen LogP contribution in [0.3, 0.4) is 0 Å². The Kier molecular flexibility index (Phi) is 3.51. The fourth-order valence-corrected chi connectivity index (χ4v) is 1.05. The van der Waals surface area contributed by atoms with Crippen molar-refractivity contribution >= 4 is 0 Å². The number of hydrogen-bond acceptors (Lipinski definition) is 0. The van der Waals surface area contributed by atoms with Gasteiger partial charge in [-0.25, -0.2) is 0 Å². The van der Waals surface area contributed by atoms with Crippen LogP contribution >= 0.6 is 0 Å². The Hall–Kier alpha value is -1.30. The first-order valence-corrected chi connectivity index (χ1v) is 4.57. The summed E-state index contributed by atoms with van der Waals surface area (Å²) in [7, 11) is 0. The minimum absolute atomic E-state index is 1.28. The third kappa shape index (κ3) is 3.29. The van der Waals surface area contributed by atoms with E-state index in [1.807, 2.05) is 0 Å². The lowest BCUT2D eigenvalue weighted by Crippen LogP contribution is -1.73. The van der Waals surface area contributed by atoms with Crippen LogP contribution in [0.2, 0.25) is 0 Å². The monoisotopic (exact) mass is 172 g/mol. The molecule has 0 saturated carbocycles. The highest BCUT2D eigenvalue weighted by molar-refractivity contribution is 5.22. The summed E-state index contributed by atoms with van der Waals surface area (Å²) >= 11 is 0. The topological polar surface area (TPSA) is 0 Å². The average Bonchev–Trinajstić information content (AvgIpc) is 2.12. The summed E-state index contributed by atoms with van der Waals surface area (Å²) in [5.41, 5.74) is 3.91. The van der Waals surface area contributed by atoms with Crippen molar-refractivity contribution in [3.8, 4) is 0 Å². The van der Waals surface area contributed by atoms with Gasteiger partial charge in [-0.1, -0.05) is 48.0 Å². The van der Waals surface area contributed by atoms with Gasteiger partial charge in [-0.15, -0.1) is 0 Å². The SMILES string of the molecule is Cc1cccccc(C)c(C)cc1. The van der Waals surface area contributed by atoms with Gasteiger partial charge in [0, 0.05) is 0 Å². The van der Waals surface area contributed by atoms with E-state index in [1.165, 1.54) is 16.7 Å². The fraction of sp³-hybridized carbons (Fsp3) is 0.231. The van der Waals surface area contributed by atoms with Crippen molar-refractivity contribution in [1.82, 2.24) is 0 Å². The summed E-state index contributed by atoms with van der Waals surface area (Å²) in [6.45, 7) is 6.37. The molecule has 1 rings (SSSR count). The lowest BCUT2D eigenvalue weighted by molar-refractivity contribution is 1.35. The van der Waals surface area contributed by atoms with E-state index in [0.29, 0.717) is 0 Å². The first-order chi connectivity index (χ1) is 6.20. The van der Waals surface area contributed by atoms with Gasteiger partial charge >= 0.3 is 0 Å². The average molecular weight is 172 g/mol. The molecular weight excluding hydrogens is 156 g/mol. The lowest BCUT2D eigenvalue weighted by atomic mass is 10.1. The summed E-state index contributed by atoms with van der Waals surface area (Å²) in [6, 6.07) is 14.7. The van der Waals surface area contributed by atoms with Crippen LogP contribution in [0.1, 0.15) is 16.7 Å². The zero-order valence-electron chi connectivity index (χ0n) is 8.54. The standard InChI is InChI=1S/C13H16/c1-11-7-5-4-6-8-12(2)13(3)10-9-11/h4-10H,1-3H3. The van der Waals surface area contributed by atoms with Gasteiger partial charge in [0.1, 0.15) is 0 Å². The van der Waals surface area contributed by atoms with Gasteiger partial charge in [0.15, 0.2) is 0 Å². The third-order valence-electron chi connectivity index (χ3n) is 2.15. The van der Waals surface area contributed by atoms with Crippen LogP contribution in [0.25, 0.3) is 0 Å². The summed E-state index contributed by atoms with van der Waals surface area (Å²) in [5.74, 6) is 0. The molecule has 13 heavy (non-hydrogen) atoms. The molecule has 1 aromatic carbocycles. The van der Waals surface area contributed by atoms with E-state index in [0.717, 1.165) is 0 Å². The second kappa shape index (κ2) is 4.66. The molecule has 0 bridgehead atoms. The zero-order valence-corrected chi connectivity index (χ0v) is 8.54. The summed E-state index contributed by atoms with van der Waals surface area (Å²) in [6.07, 6.45) is 0. The van der Waals surface area contributed by atoms with Crippen molar-refractivity contribution in [3.63, 3.8) is 0 Å². The molecule has 0 amide bonds. The number of aryl methyl sites for hydroxylation is 3. The molecule has 0 N–H and O–H groups in total. The minimum Gasteiger partial charge on any atom is -0.0622 e. The van der Waals surface area contributed by atoms with Crippen LogP contribution in [0, 0.1) is 20.8 Å². The highest BCUT2D eigenvalue weighted by Crippen LogP contribution is 2.02. The molecule has 0 aliphatic carbocycles. The van der Waals surface area contributed by atoms with Gasteiger partial charge in [-0.05, 0) is 31.9 Å². The van der Waals surface area contributed by atoms with Gasteiger partial charge in [0.25, 0.3) is 0 Å². The maximum atomic E-state index is 2.16. The fourth-order valence-electron chi connectivity index (χ4n) is 1.05. The first-order valence-electron chi connectivity index (χ1n) is 4.57. The largest absolute Gasteiger partial charge is 0.0622 e. The van der Waals surface area contributed by atoms with Crippen molar-refractivity contribution in [2.75, 3.05) is 0 Å². The van der Waals surface area contributed by atoms with Crippen molar-refractivity contribution in [2.45, 2.75) is 20.8 Å². The molecule has 0 aromatic heterocycles. The maximum absolute atomic E-state index is 2.16.